The van der Waals surface area contributed by atoms with Gasteiger partial charge in [0.05, 0.1) is 5.75 Å². The molecule has 8 nitrogen and oxygen atoms in total. The maximum absolute atomic E-state index is 11.2. The number of hydrogen-bond donors (Lipinski definition) is 4. The predicted molar refractivity (Wildman–Crippen MR) is 60.8 cm³/mol. The number of hydrogen-bond acceptors (Lipinski definition) is 4. The minimum Gasteiger partial charge on any atom is -0.480 e. The first-order valence-corrected chi connectivity index (χ1v) is 6.75. The van der Waals surface area contributed by atoms with Gasteiger partial charge >= 0.3 is 12.0 Å². The fraction of sp³-hybridized carbons (Fsp3) is 0.750. The Morgan fingerprint density at radius 3 is 2.41 bits per heavy atom. The number of urea groups is 1. The fourth-order valence-corrected chi connectivity index (χ4v) is 1.45. The molecule has 0 radical (unpaired) electrons. The Morgan fingerprint density at radius 1 is 1.41 bits per heavy atom. The number of nitrogens with one attached hydrogen (secondary N) is 2. The summed E-state index contributed by atoms with van der Waals surface area (Å²) >= 11 is 0. The van der Waals surface area contributed by atoms with Gasteiger partial charge in [-0.05, 0) is 6.42 Å². The van der Waals surface area contributed by atoms with Gasteiger partial charge in [0.1, 0.15) is 6.04 Å². The Morgan fingerprint density at radius 2 is 2.00 bits per heavy atom. The summed E-state index contributed by atoms with van der Waals surface area (Å²) in [6.45, 7) is 1.62. The van der Waals surface area contributed by atoms with Gasteiger partial charge < -0.3 is 15.7 Å². The van der Waals surface area contributed by atoms with Crippen molar-refractivity contribution in [2.75, 3.05) is 12.3 Å². The van der Waals surface area contributed by atoms with Crippen molar-refractivity contribution in [2.24, 2.45) is 5.14 Å². The summed E-state index contributed by atoms with van der Waals surface area (Å²) in [5.41, 5.74) is 0. The van der Waals surface area contributed by atoms with Gasteiger partial charge in [-0.2, -0.15) is 0 Å². The summed E-state index contributed by atoms with van der Waals surface area (Å²) in [7, 11) is -3.63. The number of aliphatic carboxylic acids is 1. The minimum atomic E-state index is -3.63. The van der Waals surface area contributed by atoms with Crippen LogP contribution in [0.3, 0.4) is 0 Å². The molecule has 0 saturated heterocycles. The standard InChI is InChI=1S/C8H17N3O5S/c1-2-3-6(7(12)13)11-8(14)10-4-5-17(9,15)16/h6H,2-5H2,1H3,(H,12,13)(H2,9,15,16)(H2,10,11,14). The van der Waals surface area contributed by atoms with Crippen LogP contribution >= 0.6 is 0 Å². The molecule has 0 aromatic rings. The molecule has 0 aliphatic carbocycles. The second-order valence-electron chi connectivity index (χ2n) is 3.45. The lowest BCUT2D eigenvalue weighted by molar-refractivity contribution is -0.139. The van der Waals surface area contributed by atoms with Crippen molar-refractivity contribution in [3.8, 4) is 0 Å². The van der Waals surface area contributed by atoms with Crippen LogP contribution < -0.4 is 15.8 Å². The highest BCUT2D eigenvalue weighted by Crippen LogP contribution is 1.96. The van der Waals surface area contributed by atoms with Gasteiger partial charge in [-0.1, -0.05) is 13.3 Å². The van der Waals surface area contributed by atoms with Crippen molar-refractivity contribution in [2.45, 2.75) is 25.8 Å². The van der Waals surface area contributed by atoms with Gasteiger partial charge in [0.2, 0.25) is 10.0 Å². The molecule has 5 N–H and O–H groups in total. The summed E-state index contributed by atoms with van der Waals surface area (Å²) in [5.74, 6) is -1.53. The van der Waals surface area contributed by atoms with Crippen LogP contribution in [-0.4, -0.2) is 43.9 Å². The van der Waals surface area contributed by atoms with E-state index in [0.29, 0.717) is 12.8 Å². The first kappa shape index (κ1) is 15.7. The zero-order valence-corrected chi connectivity index (χ0v) is 10.3. The molecule has 0 fully saturated rings. The van der Waals surface area contributed by atoms with Crippen molar-refractivity contribution in [3.63, 3.8) is 0 Å². The van der Waals surface area contributed by atoms with E-state index in [1.807, 2.05) is 0 Å². The number of amides is 2. The van der Waals surface area contributed by atoms with Crippen LogP contribution in [0.25, 0.3) is 0 Å². The molecule has 9 heteroatoms. The molecule has 1 atom stereocenters. The Bertz CT molecular complexity index is 367. The molecule has 100 valence electrons. The lowest BCUT2D eigenvalue weighted by atomic mass is 10.2. The monoisotopic (exact) mass is 267 g/mol. The Hall–Kier alpha value is -1.35. The maximum Gasteiger partial charge on any atom is 0.326 e. The van der Waals surface area contributed by atoms with Gasteiger partial charge in [0.25, 0.3) is 0 Å². The molecule has 0 rings (SSSR count). The molecule has 0 aliphatic heterocycles. The Labute approximate surface area is 99.6 Å². The lowest BCUT2D eigenvalue weighted by Crippen LogP contribution is -2.47. The highest BCUT2D eigenvalue weighted by Gasteiger charge is 2.18. The van der Waals surface area contributed by atoms with Crippen molar-refractivity contribution >= 4 is 22.0 Å². The number of carbonyl (C=O) groups is 2. The average Bonchev–Trinajstić information content (AvgIpc) is 2.14. The highest BCUT2D eigenvalue weighted by atomic mass is 32.2. The number of carboxylic acids is 1. The summed E-state index contributed by atoms with van der Waals surface area (Å²) in [6, 6.07) is -1.70. The Kier molecular flexibility index (Phi) is 6.51. The van der Waals surface area contributed by atoms with E-state index in [2.05, 4.69) is 10.6 Å². The number of primary sulfonamides is 1. The third-order valence-electron chi connectivity index (χ3n) is 1.85. The maximum atomic E-state index is 11.2. The molecular formula is C8H17N3O5S. The van der Waals surface area contributed by atoms with Crippen LogP contribution in [0.4, 0.5) is 4.79 Å². The molecule has 0 aromatic carbocycles. The number of carbonyl (C=O) groups excluding carboxylic acids is 1. The van der Waals surface area contributed by atoms with Crippen molar-refractivity contribution in [3.05, 3.63) is 0 Å². The minimum absolute atomic E-state index is 0.164. The molecular weight excluding hydrogens is 250 g/mol. The molecule has 0 spiro atoms. The molecule has 0 heterocycles. The zero-order chi connectivity index (χ0) is 13.5. The predicted octanol–water partition coefficient (Wildman–Crippen LogP) is -1.17. The molecule has 1 unspecified atom stereocenters. The van der Waals surface area contributed by atoms with E-state index in [1.165, 1.54) is 0 Å². The van der Waals surface area contributed by atoms with Gasteiger partial charge in [0, 0.05) is 6.54 Å². The van der Waals surface area contributed by atoms with Crippen LogP contribution in [0, 0.1) is 0 Å². The number of carboxylic acid groups (broad SMARTS) is 1. The third-order valence-corrected chi connectivity index (χ3v) is 2.63. The van der Waals surface area contributed by atoms with Crippen molar-refractivity contribution in [1.82, 2.24) is 10.6 Å². The van der Waals surface area contributed by atoms with Gasteiger partial charge in [-0.15, -0.1) is 0 Å². The lowest BCUT2D eigenvalue weighted by Gasteiger charge is -2.13. The zero-order valence-electron chi connectivity index (χ0n) is 9.47. The van der Waals surface area contributed by atoms with E-state index in [-0.39, 0.29) is 6.54 Å². The average molecular weight is 267 g/mol. The summed E-state index contributed by atoms with van der Waals surface area (Å²) < 4.78 is 21.1. The van der Waals surface area contributed by atoms with E-state index in [0.717, 1.165) is 0 Å². The van der Waals surface area contributed by atoms with Gasteiger partial charge in [-0.25, -0.2) is 23.1 Å². The molecule has 0 bridgehead atoms. The van der Waals surface area contributed by atoms with Crippen molar-refractivity contribution < 1.29 is 23.1 Å². The normalized spacial score (nSPS) is 12.8. The van der Waals surface area contributed by atoms with Crippen LogP contribution in [0.1, 0.15) is 19.8 Å². The van der Waals surface area contributed by atoms with E-state index in [9.17, 15) is 18.0 Å². The van der Waals surface area contributed by atoms with E-state index in [4.69, 9.17) is 10.2 Å². The summed E-state index contributed by atoms with van der Waals surface area (Å²) in [4.78, 5) is 21.9. The number of sulfonamides is 1. The van der Waals surface area contributed by atoms with E-state index in [1.54, 1.807) is 6.92 Å². The Balaban J connectivity index is 4.03. The molecule has 0 saturated carbocycles. The number of nitrogens with two attached hydrogens (primary N) is 1. The van der Waals surface area contributed by atoms with E-state index >= 15 is 0 Å². The van der Waals surface area contributed by atoms with Gasteiger partial charge in [-0.3, -0.25) is 0 Å². The van der Waals surface area contributed by atoms with E-state index < -0.39 is 33.8 Å². The first-order valence-electron chi connectivity index (χ1n) is 5.04. The van der Waals surface area contributed by atoms with Gasteiger partial charge in [0.15, 0.2) is 0 Å². The van der Waals surface area contributed by atoms with Crippen LogP contribution in [0.2, 0.25) is 0 Å². The number of rotatable bonds is 7. The smallest absolute Gasteiger partial charge is 0.326 e. The second-order valence-corrected chi connectivity index (χ2v) is 5.18. The van der Waals surface area contributed by atoms with Crippen LogP contribution in [0.5, 0.6) is 0 Å². The largest absolute Gasteiger partial charge is 0.480 e. The van der Waals surface area contributed by atoms with Crippen molar-refractivity contribution in [1.29, 1.82) is 0 Å². The van der Waals surface area contributed by atoms with Crippen LogP contribution in [0.15, 0.2) is 0 Å². The summed E-state index contributed by atoms with van der Waals surface area (Å²) in [6.07, 6.45) is 0.909. The highest BCUT2D eigenvalue weighted by molar-refractivity contribution is 7.89. The quantitative estimate of drug-likeness (QED) is 0.460. The SMILES string of the molecule is CCCC(NC(=O)NCCS(N)(=O)=O)C(=O)O. The fourth-order valence-electron chi connectivity index (χ4n) is 1.06. The summed E-state index contributed by atoms with van der Waals surface area (Å²) in [5, 5.41) is 17.9. The first-order chi connectivity index (χ1) is 7.76. The topological polar surface area (TPSA) is 139 Å². The van der Waals surface area contributed by atoms with Crippen LogP contribution in [-0.2, 0) is 14.8 Å². The molecule has 2 amide bonds. The molecule has 17 heavy (non-hydrogen) atoms. The molecule has 0 aliphatic rings. The third kappa shape index (κ3) is 8.46. The second kappa shape index (κ2) is 7.07. The molecule has 0 aromatic heterocycles.